The van der Waals surface area contributed by atoms with Gasteiger partial charge in [0, 0.05) is 120 Å². The zero-order valence-electron chi connectivity index (χ0n) is 46.1. The van der Waals surface area contributed by atoms with E-state index >= 15 is 0 Å². The molecule has 0 fully saturated rings. The van der Waals surface area contributed by atoms with Crippen molar-refractivity contribution in [3.05, 3.63) is 0 Å². The third kappa shape index (κ3) is 65.7. The molecule has 0 saturated carbocycles. The fourth-order valence-electron chi connectivity index (χ4n) is 3.63. The molecule has 0 saturated heterocycles. The normalized spacial score (nSPS) is 9.73. The molecule has 0 heterocycles. The second-order valence-corrected chi connectivity index (χ2v) is 17.4. The topological polar surface area (TPSA) is 255 Å². The Hall–Kier alpha value is -4.70. The molecule has 7 amide bonds. The van der Waals surface area contributed by atoms with Crippen molar-refractivity contribution in [2.24, 2.45) is 41.4 Å². The van der Waals surface area contributed by atoms with Crippen molar-refractivity contribution in [1.82, 2.24) is 37.2 Å². The van der Waals surface area contributed by atoms with Crippen LogP contribution in [0, 0.1) is 41.4 Å². The molecule has 0 aromatic rings. The first-order chi connectivity index (χ1) is 30.9. The van der Waals surface area contributed by atoms with Crippen molar-refractivity contribution in [2.45, 2.75) is 177 Å². The second-order valence-electron chi connectivity index (χ2n) is 17.4. The van der Waals surface area contributed by atoms with E-state index in [4.69, 9.17) is 0 Å². The fourth-order valence-corrected chi connectivity index (χ4v) is 3.63. The molecule has 0 radical (unpaired) electrons. The molecule has 67 heavy (non-hydrogen) atoms. The zero-order valence-corrected chi connectivity index (χ0v) is 46.1. The summed E-state index contributed by atoms with van der Waals surface area (Å²) in [6, 6.07) is 0. The van der Waals surface area contributed by atoms with E-state index in [1.807, 2.05) is 132 Å². The van der Waals surface area contributed by atoms with Crippen molar-refractivity contribution in [2.75, 3.05) is 46.3 Å². The number of carbonyl (C=O) groups is 10. The van der Waals surface area contributed by atoms with Gasteiger partial charge < -0.3 is 37.2 Å². The van der Waals surface area contributed by atoms with Gasteiger partial charge >= 0.3 is 0 Å². The summed E-state index contributed by atoms with van der Waals surface area (Å²) in [4.78, 5) is 108. The summed E-state index contributed by atoms with van der Waals surface area (Å²) in [5.74, 6) is 1.54. The molecule has 0 rings (SSSR count). The third-order valence-corrected chi connectivity index (χ3v) is 8.08. The summed E-state index contributed by atoms with van der Waals surface area (Å²) in [6.07, 6.45) is 3.41. The van der Waals surface area contributed by atoms with Gasteiger partial charge in [0.25, 0.3) is 0 Å². The summed E-state index contributed by atoms with van der Waals surface area (Å²) in [6.45, 7) is 40.7. The highest BCUT2D eigenvalue weighted by atomic mass is 16.2. The van der Waals surface area contributed by atoms with Crippen LogP contribution in [0.15, 0.2) is 0 Å². The van der Waals surface area contributed by atoms with Crippen molar-refractivity contribution in [3.63, 3.8) is 0 Å². The summed E-state index contributed by atoms with van der Waals surface area (Å²) < 4.78 is 0. The monoisotopic (exact) mass is 960 g/mol. The van der Waals surface area contributed by atoms with Crippen LogP contribution in [-0.2, 0) is 47.9 Å². The minimum Gasteiger partial charge on any atom is -0.359 e. The minimum atomic E-state index is 0.00118. The average Bonchev–Trinajstić information content (AvgIpc) is 3.24. The Balaban J connectivity index is -0.000000127. The summed E-state index contributed by atoms with van der Waals surface area (Å²) >= 11 is 0. The predicted octanol–water partition coefficient (Wildman–Crippen LogP) is 6.11. The van der Waals surface area contributed by atoms with Gasteiger partial charge in [0.2, 0.25) is 41.4 Å². The lowest BCUT2D eigenvalue weighted by atomic mass is 10.1. The molecule has 7 N–H and O–H groups in total. The quantitative estimate of drug-likeness (QED) is 0.0656. The van der Waals surface area contributed by atoms with Gasteiger partial charge in [-0.1, -0.05) is 111 Å². The van der Waals surface area contributed by atoms with E-state index in [1.54, 1.807) is 7.05 Å². The molecule has 0 spiro atoms. The Kier molecular flexibility index (Phi) is 59.7. The number of rotatable bonds is 22. The average molecular weight is 960 g/mol. The molecule has 0 unspecified atom stereocenters. The number of hydrogen-bond acceptors (Lipinski definition) is 10. The predicted molar refractivity (Wildman–Crippen MR) is 273 cm³/mol. The van der Waals surface area contributed by atoms with Crippen molar-refractivity contribution in [3.8, 4) is 0 Å². The Bertz CT molecular complexity index is 1290. The largest absolute Gasteiger partial charge is 0.359 e. The Labute approximate surface area is 407 Å². The summed E-state index contributed by atoms with van der Waals surface area (Å²) in [5, 5.41) is 18.7. The molecular weight excluding hydrogens is 859 g/mol. The minimum absolute atomic E-state index is 0.00118. The van der Waals surface area contributed by atoms with E-state index in [1.165, 1.54) is 6.92 Å². The molecule has 0 aromatic carbocycles. The lowest BCUT2D eigenvalue weighted by Crippen LogP contribution is -2.29. The highest BCUT2D eigenvalue weighted by Gasteiger charge is 2.09. The Morgan fingerprint density at radius 3 is 0.731 bits per heavy atom. The highest BCUT2D eigenvalue weighted by Crippen LogP contribution is 1.96. The molecule has 17 heteroatoms. The lowest BCUT2D eigenvalue weighted by Gasteiger charge is -2.06. The smallest absolute Gasteiger partial charge is 0.222 e. The molecule has 0 aliphatic carbocycles. The van der Waals surface area contributed by atoms with Crippen LogP contribution >= 0.6 is 0 Å². The first-order valence-corrected chi connectivity index (χ1v) is 24.3. The zero-order chi connectivity index (χ0) is 54.2. The molecule has 396 valence electrons. The van der Waals surface area contributed by atoms with Crippen molar-refractivity contribution in [1.29, 1.82) is 0 Å². The molecule has 17 nitrogen and oxygen atoms in total. The van der Waals surface area contributed by atoms with Crippen molar-refractivity contribution < 1.29 is 47.9 Å². The first-order valence-electron chi connectivity index (χ1n) is 24.3. The standard InChI is InChI=1S/C10H19NO2.C9H17NO2.C8H15NO2.3C6H13NO.C5H11NO/c1-4-5-9(12)6-7-11-10(13)8(2)3;1-4-8(11)5-6-10-9(12)7(2)3;1-6(2)8(11)9-5-4-7(3)10;3*1-4-7-6(8)5(2)3;1-4(2)5(7)6-3/h8H,4-7H2,1-3H3,(H,11,13);7H,4-6H2,1-3H3,(H,10,12);6H,4-5H2,1-3H3,(H,9,11);3*5H,4H2,1-3H3,(H,7,8);4H,1-3H3,(H,6,7). The fraction of sp³-hybridized carbons (Fsp3) is 0.800. The number of carbonyl (C=O) groups excluding carboxylic acids is 10. The Morgan fingerprint density at radius 2 is 0.567 bits per heavy atom. The van der Waals surface area contributed by atoms with Crippen LogP contribution in [0.2, 0.25) is 0 Å². The number of Topliss-reactive ketones (excluding diaryl/α,β-unsaturated/α-hetero) is 3. The molecule has 0 aliphatic heterocycles. The van der Waals surface area contributed by atoms with Crippen LogP contribution in [0.4, 0.5) is 0 Å². The van der Waals surface area contributed by atoms with Crippen LogP contribution in [0.1, 0.15) is 177 Å². The molecule has 0 aromatic heterocycles. The number of ketones is 3. The van der Waals surface area contributed by atoms with E-state index in [9.17, 15) is 47.9 Å². The van der Waals surface area contributed by atoms with Gasteiger partial charge in [-0.15, -0.1) is 0 Å². The van der Waals surface area contributed by atoms with E-state index < -0.39 is 0 Å². The number of hydrogen-bond donors (Lipinski definition) is 7. The van der Waals surface area contributed by atoms with Gasteiger partial charge in [-0.3, -0.25) is 47.9 Å². The molecular formula is C50H101N7O10. The second kappa shape index (κ2) is 52.3. The molecule has 0 bridgehead atoms. The maximum Gasteiger partial charge on any atom is 0.222 e. The van der Waals surface area contributed by atoms with Crippen LogP contribution in [-0.4, -0.2) is 105 Å². The number of amides is 7. The van der Waals surface area contributed by atoms with E-state index in [2.05, 4.69) is 37.2 Å². The first kappa shape index (κ1) is 76.6. The van der Waals surface area contributed by atoms with Crippen LogP contribution in [0.3, 0.4) is 0 Å². The van der Waals surface area contributed by atoms with Crippen LogP contribution < -0.4 is 37.2 Å². The summed E-state index contributed by atoms with van der Waals surface area (Å²) in [7, 11) is 1.64. The maximum absolute atomic E-state index is 11.1. The van der Waals surface area contributed by atoms with Gasteiger partial charge in [-0.25, -0.2) is 0 Å². The van der Waals surface area contributed by atoms with Crippen LogP contribution in [0.5, 0.6) is 0 Å². The lowest BCUT2D eigenvalue weighted by molar-refractivity contribution is -0.125. The van der Waals surface area contributed by atoms with Gasteiger partial charge in [-0.05, 0) is 34.1 Å². The summed E-state index contributed by atoms with van der Waals surface area (Å²) in [5.41, 5.74) is 0. The van der Waals surface area contributed by atoms with Crippen LogP contribution in [0.25, 0.3) is 0 Å². The highest BCUT2D eigenvalue weighted by molar-refractivity contribution is 5.82. The van der Waals surface area contributed by atoms with E-state index in [0.29, 0.717) is 51.7 Å². The van der Waals surface area contributed by atoms with Crippen molar-refractivity contribution >= 4 is 58.7 Å². The molecule has 0 atom stereocenters. The maximum atomic E-state index is 11.1. The van der Waals surface area contributed by atoms with Gasteiger partial charge in [0.15, 0.2) is 0 Å². The van der Waals surface area contributed by atoms with E-state index in [-0.39, 0.29) is 100 Å². The Morgan fingerprint density at radius 1 is 0.328 bits per heavy atom. The molecule has 0 aliphatic rings. The SMILES string of the molecule is CC(=O)CCNC(=O)C(C)C.CCC(=O)CCNC(=O)C(C)C.CCCC(=O)CCNC(=O)C(C)C.CCNC(=O)C(C)C.CCNC(=O)C(C)C.CCNC(=O)C(C)C.CNC(=O)C(C)C. The van der Waals surface area contributed by atoms with E-state index in [0.717, 1.165) is 26.1 Å². The number of nitrogens with one attached hydrogen (secondary N) is 7. The van der Waals surface area contributed by atoms with Gasteiger partial charge in [0.05, 0.1) is 0 Å². The van der Waals surface area contributed by atoms with Gasteiger partial charge in [0.1, 0.15) is 17.3 Å². The van der Waals surface area contributed by atoms with Gasteiger partial charge in [-0.2, -0.15) is 0 Å². The third-order valence-electron chi connectivity index (χ3n) is 8.08.